The van der Waals surface area contributed by atoms with Crippen LogP contribution in [0.5, 0.6) is 0 Å². The number of halogens is 2. The van der Waals surface area contributed by atoms with E-state index in [2.05, 4.69) is 10.3 Å². The van der Waals surface area contributed by atoms with Crippen molar-refractivity contribution in [2.75, 3.05) is 5.32 Å². The van der Waals surface area contributed by atoms with Gasteiger partial charge >= 0.3 is 0 Å². The van der Waals surface area contributed by atoms with Crippen LogP contribution in [0.2, 0.25) is 0 Å². The number of aromatic nitrogens is 1. The van der Waals surface area contributed by atoms with Crippen LogP contribution in [0.4, 0.5) is 14.6 Å². The summed E-state index contributed by atoms with van der Waals surface area (Å²) in [5.74, 6) is -1.28. The maximum Gasteiger partial charge on any atom is 0.231 e. The van der Waals surface area contributed by atoms with Gasteiger partial charge in [0, 0.05) is 6.20 Å². The zero-order chi connectivity index (χ0) is 15.7. The molecule has 4 nitrogen and oxygen atoms in total. The number of nitrogens with one attached hydrogen (secondary N) is 1. The zero-order valence-corrected chi connectivity index (χ0v) is 11.4. The summed E-state index contributed by atoms with van der Waals surface area (Å²) in [4.78, 5) is 15.7. The third-order valence-corrected chi connectivity index (χ3v) is 3.48. The molecule has 1 heterocycles. The number of amides is 1. The van der Waals surface area contributed by atoms with Gasteiger partial charge in [-0.3, -0.25) is 4.79 Å². The molecule has 1 fully saturated rings. The summed E-state index contributed by atoms with van der Waals surface area (Å²) in [6, 6.07) is 9.23. The van der Waals surface area contributed by atoms with Crippen LogP contribution in [-0.2, 0) is 4.79 Å². The van der Waals surface area contributed by atoms with Crippen molar-refractivity contribution in [2.45, 2.75) is 12.6 Å². The molecular weight excluding hydrogens is 288 g/mol. The minimum absolute atomic E-state index is 0.0573. The molecule has 1 aliphatic rings. The molecule has 1 aromatic carbocycles. The first-order valence-electron chi connectivity index (χ1n) is 6.69. The standard InChI is InChI=1S/C16H11F2N3O/c17-13-2-1-9(5-11(13)8-19)10-3-4-20-15(6-10)21-16(22)12-7-14(12)18/h1-6,12,14H,7H2,(H,20,21,22). The highest BCUT2D eigenvalue weighted by atomic mass is 19.1. The number of hydrogen-bond donors (Lipinski definition) is 1. The zero-order valence-electron chi connectivity index (χ0n) is 11.4. The number of nitriles is 1. The number of carbonyl (C=O) groups is 1. The predicted octanol–water partition coefficient (Wildman–Crippen LogP) is 3.06. The molecule has 1 aliphatic carbocycles. The van der Waals surface area contributed by atoms with E-state index in [-0.39, 0.29) is 12.0 Å². The molecule has 1 N–H and O–H groups in total. The van der Waals surface area contributed by atoms with Gasteiger partial charge in [0.25, 0.3) is 0 Å². The van der Waals surface area contributed by atoms with Crippen molar-refractivity contribution in [3.05, 3.63) is 47.9 Å². The normalized spacial score (nSPS) is 19.3. The van der Waals surface area contributed by atoms with E-state index in [4.69, 9.17) is 5.26 Å². The minimum atomic E-state index is -1.07. The van der Waals surface area contributed by atoms with E-state index < -0.39 is 23.8 Å². The predicted molar refractivity (Wildman–Crippen MR) is 76.0 cm³/mol. The smallest absolute Gasteiger partial charge is 0.231 e. The van der Waals surface area contributed by atoms with Gasteiger partial charge in [0.2, 0.25) is 5.91 Å². The average molecular weight is 299 g/mol. The van der Waals surface area contributed by atoms with Gasteiger partial charge in [-0.2, -0.15) is 5.26 Å². The molecule has 2 unspecified atom stereocenters. The number of carbonyl (C=O) groups excluding carboxylic acids is 1. The minimum Gasteiger partial charge on any atom is -0.310 e. The molecule has 0 radical (unpaired) electrons. The number of rotatable bonds is 3. The third kappa shape index (κ3) is 2.79. The van der Waals surface area contributed by atoms with Crippen LogP contribution in [0.25, 0.3) is 11.1 Å². The number of alkyl halides is 1. The van der Waals surface area contributed by atoms with Gasteiger partial charge in [0.15, 0.2) is 0 Å². The highest BCUT2D eigenvalue weighted by Crippen LogP contribution is 2.34. The number of nitrogens with zero attached hydrogens (tertiary/aromatic N) is 2. The van der Waals surface area contributed by atoms with Gasteiger partial charge < -0.3 is 5.32 Å². The Bertz CT molecular complexity index is 785. The number of anilines is 1. The van der Waals surface area contributed by atoms with Crippen molar-refractivity contribution in [3.8, 4) is 17.2 Å². The monoisotopic (exact) mass is 299 g/mol. The number of pyridine rings is 1. The van der Waals surface area contributed by atoms with Crippen molar-refractivity contribution in [2.24, 2.45) is 5.92 Å². The van der Waals surface area contributed by atoms with Gasteiger partial charge in [-0.25, -0.2) is 13.8 Å². The number of benzene rings is 1. The second-order valence-electron chi connectivity index (χ2n) is 5.08. The first-order valence-corrected chi connectivity index (χ1v) is 6.69. The second-order valence-corrected chi connectivity index (χ2v) is 5.08. The SMILES string of the molecule is N#Cc1cc(-c2ccnc(NC(=O)C3CC3F)c2)ccc1F. The fourth-order valence-corrected chi connectivity index (χ4v) is 2.12. The van der Waals surface area contributed by atoms with Crippen LogP contribution in [-0.4, -0.2) is 17.1 Å². The van der Waals surface area contributed by atoms with E-state index >= 15 is 0 Å². The summed E-state index contributed by atoms with van der Waals surface area (Å²) < 4.78 is 26.2. The Morgan fingerprint density at radius 3 is 2.73 bits per heavy atom. The second kappa shape index (κ2) is 5.53. The molecule has 110 valence electrons. The lowest BCUT2D eigenvalue weighted by atomic mass is 10.0. The summed E-state index contributed by atoms with van der Waals surface area (Å²) >= 11 is 0. The summed E-state index contributed by atoms with van der Waals surface area (Å²) in [5.41, 5.74) is 1.25. The van der Waals surface area contributed by atoms with Crippen LogP contribution >= 0.6 is 0 Å². The molecule has 6 heteroatoms. The Kier molecular flexibility index (Phi) is 3.55. The average Bonchev–Trinajstić information content (AvgIpc) is 3.25. The first-order chi connectivity index (χ1) is 10.6. The Morgan fingerprint density at radius 2 is 2.05 bits per heavy atom. The molecule has 22 heavy (non-hydrogen) atoms. The molecule has 0 bridgehead atoms. The molecule has 0 saturated heterocycles. The van der Waals surface area contributed by atoms with E-state index in [0.717, 1.165) is 0 Å². The Balaban J connectivity index is 1.85. The third-order valence-electron chi connectivity index (χ3n) is 3.48. The molecule has 1 saturated carbocycles. The van der Waals surface area contributed by atoms with Gasteiger partial charge in [-0.15, -0.1) is 0 Å². The van der Waals surface area contributed by atoms with Crippen LogP contribution in [0, 0.1) is 23.1 Å². The highest BCUT2D eigenvalue weighted by Gasteiger charge is 2.43. The van der Waals surface area contributed by atoms with Crippen LogP contribution in [0.3, 0.4) is 0 Å². The topological polar surface area (TPSA) is 65.8 Å². The van der Waals surface area contributed by atoms with Crippen molar-refractivity contribution in [1.29, 1.82) is 5.26 Å². The molecule has 2 atom stereocenters. The van der Waals surface area contributed by atoms with Gasteiger partial charge in [-0.05, 0) is 41.8 Å². The first kappa shape index (κ1) is 14.1. The number of hydrogen-bond acceptors (Lipinski definition) is 3. The van der Waals surface area contributed by atoms with Gasteiger partial charge in [-0.1, -0.05) is 6.07 Å². The summed E-state index contributed by atoms with van der Waals surface area (Å²) in [5, 5.41) is 11.4. The fourth-order valence-electron chi connectivity index (χ4n) is 2.12. The van der Waals surface area contributed by atoms with E-state index in [1.165, 1.54) is 24.4 Å². The largest absolute Gasteiger partial charge is 0.310 e. The fraction of sp³-hybridized carbons (Fsp3) is 0.188. The molecule has 0 spiro atoms. The van der Waals surface area contributed by atoms with E-state index in [9.17, 15) is 13.6 Å². The molecular formula is C16H11F2N3O. The summed E-state index contributed by atoms with van der Waals surface area (Å²) in [6.45, 7) is 0. The van der Waals surface area contributed by atoms with Crippen LogP contribution < -0.4 is 5.32 Å². The maximum absolute atomic E-state index is 13.3. The lowest BCUT2D eigenvalue weighted by molar-refractivity contribution is -0.117. The Morgan fingerprint density at radius 1 is 1.32 bits per heavy atom. The molecule has 1 aromatic heterocycles. The summed E-state index contributed by atoms with van der Waals surface area (Å²) in [6.07, 6.45) is 0.660. The van der Waals surface area contributed by atoms with Crippen molar-refractivity contribution < 1.29 is 13.6 Å². The molecule has 3 rings (SSSR count). The summed E-state index contributed by atoms with van der Waals surface area (Å²) in [7, 11) is 0. The maximum atomic E-state index is 13.3. The Labute approximate surface area is 125 Å². The van der Waals surface area contributed by atoms with E-state index in [0.29, 0.717) is 16.9 Å². The van der Waals surface area contributed by atoms with Gasteiger partial charge in [0.05, 0.1) is 11.5 Å². The quantitative estimate of drug-likeness (QED) is 0.947. The van der Waals surface area contributed by atoms with Crippen molar-refractivity contribution in [3.63, 3.8) is 0 Å². The molecule has 0 aliphatic heterocycles. The molecule has 1 amide bonds. The van der Waals surface area contributed by atoms with E-state index in [1.54, 1.807) is 18.2 Å². The van der Waals surface area contributed by atoms with E-state index in [1.807, 2.05) is 0 Å². The van der Waals surface area contributed by atoms with Crippen LogP contribution in [0.15, 0.2) is 36.5 Å². The molecule has 2 aromatic rings. The van der Waals surface area contributed by atoms with Crippen molar-refractivity contribution in [1.82, 2.24) is 4.98 Å². The highest BCUT2D eigenvalue weighted by molar-refractivity contribution is 5.94. The lowest BCUT2D eigenvalue weighted by Gasteiger charge is -2.07. The Hall–Kier alpha value is -2.81. The van der Waals surface area contributed by atoms with Crippen molar-refractivity contribution >= 4 is 11.7 Å². The van der Waals surface area contributed by atoms with Crippen LogP contribution in [0.1, 0.15) is 12.0 Å². The van der Waals surface area contributed by atoms with Gasteiger partial charge in [0.1, 0.15) is 23.9 Å². The lowest BCUT2D eigenvalue weighted by Crippen LogP contribution is -2.15.